The van der Waals surface area contributed by atoms with Gasteiger partial charge in [0.2, 0.25) is 5.91 Å². The van der Waals surface area contributed by atoms with Crippen LogP contribution < -0.4 is 9.47 Å². The Balaban J connectivity index is 2.78. The summed E-state index contributed by atoms with van der Waals surface area (Å²) in [5.74, 6) is 1.35. The third-order valence-corrected chi connectivity index (χ3v) is 3.32. The Hall–Kier alpha value is -1.79. The lowest BCUT2D eigenvalue weighted by Gasteiger charge is -2.22. The molecule has 0 N–H and O–H groups in total. The highest BCUT2D eigenvalue weighted by molar-refractivity contribution is 5.79. The zero-order chi connectivity index (χ0) is 16.4. The molecule has 0 aromatic heterocycles. The molecular formula is C16H25NO5. The van der Waals surface area contributed by atoms with Crippen molar-refractivity contribution in [2.75, 3.05) is 54.7 Å². The third kappa shape index (κ3) is 5.54. The summed E-state index contributed by atoms with van der Waals surface area (Å²) >= 11 is 0. The van der Waals surface area contributed by atoms with Gasteiger partial charge in [-0.2, -0.15) is 0 Å². The molecule has 0 fully saturated rings. The van der Waals surface area contributed by atoms with Crippen LogP contribution in [0, 0.1) is 0 Å². The lowest BCUT2D eigenvalue weighted by molar-refractivity contribution is -0.131. The van der Waals surface area contributed by atoms with Crippen molar-refractivity contribution >= 4 is 5.91 Å². The summed E-state index contributed by atoms with van der Waals surface area (Å²) < 4.78 is 20.6. The number of carbonyl (C=O) groups excluding carboxylic acids is 1. The van der Waals surface area contributed by atoms with Crippen LogP contribution in [0.4, 0.5) is 0 Å². The Morgan fingerprint density at radius 3 is 2.14 bits per heavy atom. The fourth-order valence-corrected chi connectivity index (χ4v) is 2.04. The van der Waals surface area contributed by atoms with E-state index >= 15 is 0 Å². The first-order valence-electron chi connectivity index (χ1n) is 7.12. The number of amides is 1. The average molecular weight is 311 g/mol. The summed E-state index contributed by atoms with van der Waals surface area (Å²) in [5.41, 5.74) is 0.827. The number of rotatable bonds is 10. The molecule has 0 aliphatic rings. The Kier molecular flexibility index (Phi) is 8.32. The molecule has 0 saturated carbocycles. The highest BCUT2D eigenvalue weighted by atomic mass is 16.5. The molecule has 0 aliphatic heterocycles. The molecule has 0 saturated heterocycles. The minimum absolute atomic E-state index is 0.0116. The van der Waals surface area contributed by atoms with Gasteiger partial charge in [-0.15, -0.1) is 0 Å². The molecule has 0 bridgehead atoms. The number of benzene rings is 1. The second-order valence-electron chi connectivity index (χ2n) is 4.72. The van der Waals surface area contributed by atoms with Crippen LogP contribution in [-0.2, 0) is 20.7 Å². The molecule has 22 heavy (non-hydrogen) atoms. The summed E-state index contributed by atoms with van der Waals surface area (Å²) in [5, 5.41) is 0. The molecule has 6 heteroatoms. The fourth-order valence-electron chi connectivity index (χ4n) is 2.04. The fraction of sp³-hybridized carbons (Fsp3) is 0.562. The number of nitrogens with zero attached hydrogens (tertiary/aromatic N) is 1. The standard InChI is InChI=1S/C16H25NO5/c1-19-9-7-17(8-10-20-2)16(18)11-13-5-6-14(21-3)12-15(13)22-4/h5-6,12H,7-11H2,1-4H3. The van der Waals surface area contributed by atoms with Crippen molar-refractivity contribution in [3.05, 3.63) is 23.8 Å². The molecule has 0 heterocycles. The number of hydrogen-bond acceptors (Lipinski definition) is 5. The van der Waals surface area contributed by atoms with Crippen LogP contribution in [-0.4, -0.2) is 65.5 Å². The second kappa shape index (κ2) is 10.0. The molecular weight excluding hydrogens is 286 g/mol. The lowest BCUT2D eigenvalue weighted by Crippen LogP contribution is -2.37. The van der Waals surface area contributed by atoms with E-state index in [-0.39, 0.29) is 12.3 Å². The zero-order valence-corrected chi connectivity index (χ0v) is 13.8. The molecule has 1 aromatic rings. The predicted molar refractivity (Wildman–Crippen MR) is 83.6 cm³/mol. The number of carbonyl (C=O) groups is 1. The highest BCUT2D eigenvalue weighted by Crippen LogP contribution is 2.25. The SMILES string of the molecule is COCCN(CCOC)C(=O)Cc1ccc(OC)cc1OC. The van der Waals surface area contributed by atoms with Crippen molar-refractivity contribution in [1.29, 1.82) is 0 Å². The third-order valence-electron chi connectivity index (χ3n) is 3.32. The first-order valence-corrected chi connectivity index (χ1v) is 7.12. The Morgan fingerprint density at radius 2 is 1.64 bits per heavy atom. The van der Waals surface area contributed by atoms with Gasteiger partial charge in [-0.3, -0.25) is 4.79 Å². The van der Waals surface area contributed by atoms with Crippen molar-refractivity contribution in [1.82, 2.24) is 4.90 Å². The van der Waals surface area contributed by atoms with Gasteiger partial charge in [-0.25, -0.2) is 0 Å². The van der Waals surface area contributed by atoms with Gasteiger partial charge in [-0.05, 0) is 6.07 Å². The maximum absolute atomic E-state index is 12.5. The minimum atomic E-state index is 0.0116. The van der Waals surface area contributed by atoms with E-state index in [1.165, 1.54) is 0 Å². The molecule has 1 aromatic carbocycles. The van der Waals surface area contributed by atoms with E-state index in [2.05, 4.69) is 0 Å². The van der Waals surface area contributed by atoms with Crippen molar-refractivity contribution in [3.63, 3.8) is 0 Å². The van der Waals surface area contributed by atoms with Crippen LogP contribution in [0.25, 0.3) is 0 Å². The predicted octanol–water partition coefficient (Wildman–Crippen LogP) is 1.37. The Bertz CT molecular complexity index is 456. The molecule has 1 rings (SSSR count). The smallest absolute Gasteiger partial charge is 0.227 e. The second-order valence-corrected chi connectivity index (χ2v) is 4.72. The lowest BCUT2D eigenvalue weighted by atomic mass is 10.1. The van der Waals surface area contributed by atoms with E-state index in [0.29, 0.717) is 37.8 Å². The summed E-state index contributed by atoms with van der Waals surface area (Å²) in [6.45, 7) is 2.07. The largest absolute Gasteiger partial charge is 0.497 e. The molecule has 1 amide bonds. The monoisotopic (exact) mass is 311 g/mol. The topological polar surface area (TPSA) is 57.2 Å². The summed E-state index contributed by atoms with van der Waals surface area (Å²) in [4.78, 5) is 14.2. The van der Waals surface area contributed by atoms with Gasteiger partial charge >= 0.3 is 0 Å². The minimum Gasteiger partial charge on any atom is -0.497 e. The van der Waals surface area contributed by atoms with Crippen LogP contribution in [0.5, 0.6) is 11.5 Å². The number of ether oxygens (including phenoxy) is 4. The van der Waals surface area contributed by atoms with Crippen LogP contribution in [0.1, 0.15) is 5.56 Å². The van der Waals surface area contributed by atoms with Gasteiger partial charge in [0.25, 0.3) is 0 Å². The van der Waals surface area contributed by atoms with Crippen molar-refractivity contribution in [2.45, 2.75) is 6.42 Å². The normalized spacial score (nSPS) is 10.4. The van der Waals surface area contributed by atoms with Crippen LogP contribution in [0.15, 0.2) is 18.2 Å². The first kappa shape index (κ1) is 18.3. The highest BCUT2D eigenvalue weighted by Gasteiger charge is 2.16. The van der Waals surface area contributed by atoms with E-state index in [0.717, 1.165) is 5.56 Å². The Labute approximate surface area is 131 Å². The van der Waals surface area contributed by atoms with E-state index < -0.39 is 0 Å². The maximum Gasteiger partial charge on any atom is 0.227 e. The summed E-state index contributed by atoms with van der Waals surface area (Å²) in [6.07, 6.45) is 0.264. The Morgan fingerprint density at radius 1 is 1.00 bits per heavy atom. The molecule has 0 atom stereocenters. The van der Waals surface area contributed by atoms with Crippen molar-refractivity contribution in [2.24, 2.45) is 0 Å². The van der Waals surface area contributed by atoms with Crippen molar-refractivity contribution in [3.8, 4) is 11.5 Å². The van der Waals surface area contributed by atoms with E-state index in [1.54, 1.807) is 39.4 Å². The van der Waals surface area contributed by atoms with Gasteiger partial charge in [0, 0.05) is 38.9 Å². The van der Waals surface area contributed by atoms with E-state index in [1.807, 2.05) is 12.1 Å². The molecule has 0 radical (unpaired) electrons. The van der Waals surface area contributed by atoms with Gasteiger partial charge in [-0.1, -0.05) is 6.07 Å². The summed E-state index contributed by atoms with van der Waals surface area (Å²) in [6, 6.07) is 5.44. The summed E-state index contributed by atoms with van der Waals surface area (Å²) in [7, 11) is 6.41. The molecule has 124 valence electrons. The molecule has 0 aliphatic carbocycles. The number of hydrogen-bond donors (Lipinski definition) is 0. The van der Waals surface area contributed by atoms with Crippen LogP contribution in [0.3, 0.4) is 0 Å². The first-order chi connectivity index (χ1) is 10.7. The molecule has 0 spiro atoms. The van der Waals surface area contributed by atoms with Crippen LogP contribution >= 0.6 is 0 Å². The van der Waals surface area contributed by atoms with Gasteiger partial charge in [0.15, 0.2) is 0 Å². The van der Waals surface area contributed by atoms with Gasteiger partial charge in [0.05, 0.1) is 33.9 Å². The van der Waals surface area contributed by atoms with E-state index in [9.17, 15) is 4.79 Å². The number of methoxy groups -OCH3 is 4. The average Bonchev–Trinajstić information content (AvgIpc) is 2.55. The van der Waals surface area contributed by atoms with Crippen molar-refractivity contribution < 1.29 is 23.7 Å². The maximum atomic E-state index is 12.5. The van der Waals surface area contributed by atoms with E-state index in [4.69, 9.17) is 18.9 Å². The van der Waals surface area contributed by atoms with Gasteiger partial charge < -0.3 is 23.8 Å². The molecule has 6 nitrogen and oxygen atoms in total. The quantitative estimate of drug-likeness (QED) is 0.653. The molecule has 0 unspecified atom stereocenters. The van der Waals surface area contributed by atoms with Gasteiger partial charge in [0.1, 0.15) is 11.5 Å². The zero-order valence-electron chi connectivity index (χ0n) is 13.8. The van der Waals surface area contributed by atoms with Crippen LogP contribution in [0.2, 0.25) is 0 Å².